The monoisotopic (exact) mass is 576 g/mol. The van der Waals surface area contributed by atoms with E-state index in [9.17, 15) is 0 Å². The van der Waals surface area contributed by atoms with Crippen molar-refractivity contribution in [3.8, 4) is 0 Å². The second-order valence-electron chi connectivity index (χ2n) is 10.2. The van der Waals surface area contributed by atoms with E-state index in [1.807, 2.05) is 22.7 Å². The quantitative estimate of drug-likeness (QED) is 0.338. The maximum Gasteiger partial charge on any atom is 0.334 e. The largest absolute Gasteiger partial charge is 0.348 e. The molecule has 0 radical (unpaired) electrons. The molecule has 0 saturated heterocycles. The Morgan fingerprint density at radius 3 is 1.70 bits per heavy atom. The van der Waals surface area contributed by atoms with Crippen molar-refractivity contribution in [1.82, 2.24) is 4.98 Å². The number of fused-ring (bicyclic) bond motifs is 2. The predicted molar refractivity (Wildman–Crippen MR) is 142 cm³/mol. The molecule has 0 fully saturated rings. The van der Waals surface area contributed by atoms with Gasteiger partial charge >= 0.3 is 5.13 Å². The van der Waals surface area contributed by atoms with Crippen LogP contribution in [0.4, 0.5) is 10.3 Å². The number of H-pyrrole nitrogens is 1. The molecular formula is C26H45ClN4O4S2. The maximum atomic E-state index is 8.49. The van der Waals surface area contributed by atoms with Gasteiger partial charge in [0, 0.05) is 24.4 Å². The summed E-state index contributed by atoms with van der Waals surface area (Å²) < 4.78 is 34.0. The molecule has 2 heterocycles. The van der Waals surface area contributed by atoms with Crippen molar-refractivity contribution < 1.29 is 33.9 Å². The van der Waals surface area contributed by atoms with Crippen LogP contribution in [0.25, 0.3) is 0 Å². The number of unbranched alkanes of at least 4 members (excludes halogenated alkanes) is 4. The second kappa shape index (κ2) is 15.0. The normalized spacial score (nSPS) is 14.0. The van der Waals surface area contributed by atoms with Crippen LogP contribution < -0.4 is 33.4 Å². The summed E-state index contributed by atoms with van der Waals surface area (Å²) >= 11 is 3.94. The van der Waals surface area contributed by atoms with Crippen LogP contribution in [0.1, 0.15) is 114 Å². The van der Waals surface area contributed by atoms with Gasteiger partial charge in [0.05, 0.1) is 29.1 Å². The zero-order valence-electron chi connectivity index (χ0n) is 23.4. The fourth-order valence-corrected chi connectivity index (χ4v) is 7.20. The average molecular weight is 577 g/mol. The molecule has 0 amide bonds. The highest BCUT2D eigenvalue weighted by molar-refractivity contribution is 7.17. The van der Waals surface area contributed by atoms with Gasteiger partial charge in [-0.2, -0.15) is 0 Å². The molecule has 2 aromatic rings. The van der Waals surface area contributed by atoms with E-state index in [0.29, 0.717) is 0 Å². The fraction of sp³-hybridized carbons (Fsp3) is 0.769. The molecule has 0 saturated carbocycles. The van der Waals surface area contributed by atoms with Gasteiger partial charge in [-0.3, -0.25) is 4.90 Å². The van der Waals surface area contributed by atoms with Crippen LogP contribution in [-0.4, -0.2) is 31.2 Å². The molecule has 1 aliphatic carbocycles. The summed E-state index contributed by atoms with van der Waals surface area (Å²) in [5.41, 5.74) is 2.64. The van der Waals surface area contributed by atoms with Crippen LogP contribution in [0.3, 0.4) is 0 Å². The number of hydrogen-bond acceptors (Lipinski definition) is 9. The SMILES string of the molecule is CCCCN(CCCC)c1nc2c(s1)Cc1sc(N(CCCC)CCCC)[nH+]c1C2(C)C.[O-][Cl+3]([O-])([O-])[O-]. The number of aromatic amines is 1. The van der Waals surface area contributed by atoms with Crippen molar-refractivity contribution in [2.75, 3.05) is 36.0 Å². The van der Waals surface area contributed by atoms with Gasteiger partial charge in [-0.25, -0.2) is 28.6 Å². The number of halogens is 1. The molecule has 11 heteroatoms. The van der Waals surface area contributed by atoms with Crippen molar-refractivity contribution >= 4 is 32.9 Å². The highest BCUT2D eigenvalue weighted by Crippen LogP contribution is 2.46. The van der Waals surface area contributed by atoms with E-state index in [1.54, 1.807) is 0 Å². The molecule has 0 bridgehead atoms. The molecule has 2 aromatic heterocycles. The van der Waals surface area contributed by atoms with E-state index in [4.69, 9.17) is 23.6 Å². The van der Waals surface area contributed by atoms with Crippen LogP contribution in [0, 0.1) is 10.2 Å². The third-order valence-electron chi connectivity index (χ3n) is 6.64. The van der Waals surface area contributed by atoms with Crippen molar-refractivity contribution in [3.63, 3.8) is 0 Å². The molecule has 0 aliphatic heterocycles. The molecule has 0 unspecified atom stereocenters. The van der Waals surface area contributed by atoms with Gasteiger partial charge in [0.15, 0.2) is 5.13 Å². The minimum atomic E-state index is -4.94. The summed E-state index contributed by atoms with van der Waals surface area (Å²) in [6.45, 7) is 18.4. The van der Waals surface area contributed by atoms with Gasteiger partial charge in [-0.1, -0.05) is 64.7 Å². The lowest BCUT2D eigenvalue weighted by atomic mass is 9.80. The average Bonchev–Trinajstić information content (AvgIpc) is 3.44. The third-order valence-corrected chi connectivity index (χ3v) is 8.90. The lowest BCUT2D eigenvalue weighted by Gasteiger charge is -2.25. The van der Waals surface area contributed by atoms with Crippen LogP contribution in [0.2, 0.25) is 0 Å². The van der Waals surface area contributed by atoms with Crippen LogP contribution in [-0.2, 0) is 11.8 Å². The summed E-state index contributed by atoms with van der Waals surface area (Å²) in [7, 11) is -4.94. The molecule has 1 N–H and O–H groups in total. The molecule has 0 aromatic carbocycles. The zero-order chi connectivity index (χ0) is 27.6. The van der Waals surface area contributed by atoms with Gasteiger partial charge in [0.25, 0.3) is 0 Å². The van der Waals surface area contributed by atoms with E-state index in [2.05, 4.69) is 56.3 Å². The number of nitrogens with one attached hydrogen (secondary N) is 1. The topological polar surface area (TPSA) is 126 Å². The Morgan fingerprint density at radius 2 is 1.24 bits per heavy atom. The highest BCUT2D eigenvalue weighted by Gasteiger charge is 2.42. The van der Waals surface area contributed by atoms with Crippen LogP contribution in [0.15, 0.2) is 0 Å². The summed E-state index contributed by atoms with van der Waals surface area (Å²) in [4.78, 5) is 17.3. The first-order valence-electron chi connectivity index (χ1n) is 13.6. The molecule has 1 aliphatic rings. The van der Waals surface area contributed by atoms with Crippen molar-refractivity contribution in [2.45, 2.75) is 105 Å². The molecule has 3 rings (SSSR count). The Balaban J connectivity index is 0.000000877. The summed E-state index contributed by atoms with van der Waals surface area (Å²) in [6.07, 6.45) is 11.0. The number of hydrogen-bond donors (Lipinski definition) is 0. The smallest absolute Gasteiger partial charge is 0.334 e. The Bertz CT molecular complexity index is 857. The van der Waals surface area contributed by atoms with E-state index >= 15 is 0 Å². The molecule has 37 heavy (non-hydrogen) atoms. The fourth-order valence-electron chi connectivity index (χ4n) is 4.50. The van der Waals surface area contributed by atoms with Gasteiger partial charge in [0.1, 0.15) is 5.69 Å². The minimum absolute atomic E-state index is 0.0607. The molecule has 8 nitrogen and oxygen atoms in total. The Kier molecular flexibility index (Phi) is 13.0. The van der Waals surface area contributed by atoms with Crippen molar-refractivity contribution in [3.05, 3.63) is 21.1 Å². The zero-order valence-corrected chi connectivity index (χ0v) is 25.8. The van der Waals surface area contributed by atoms with Crippen molar-refractivity contribution in [1.29, 1.82) is 0 Å². The van der Waals surface area contributed by atoms with Gasteiger partial charge in [-0.05, 0) is 39.5 Å². The van der Waals surface area contributed by atoms with Gasteiger partial charge < -0.3 is 4.90 Å². The van der Waals surface area contributed by atoms with Crippen LogP contribution in [0.5, 0.6) is 0 Å². The van der Waals surface area contributed by atoms with E-state index < -0.39 is 10.2 Å². The molecule has 0 atom stereocenters. The molecule has 212 valence electrons. The number of thiazole rings is 2. The molecule has 0 spiro atoms. The van der Waals surface area contributed by atoms with Crippen LogP contribution >= 0.6 is 22.7 Å². The minimum Gasteiger partial charge on any atom is -0.348 e. The maximum absolute atomic E-state index is 8.49. The number of anilines is 2. The number of rotatable bonds is 14. The number of aromatic nitrogens is 2. The van der Waals surface area contributed by atoms with Crippen molar-refractivity contribution in [2.24, 2.45) is 0 Å². The first kappa shape index (κ1) is 32.2. The highest BCUT2D eigenvalue weighted by atomic mass is 35.7. The van der Waals surface area contributed by atoms with E-state index in [1.165, 1.54) is 82.8 Å². The third kappa shape index (κ3) is 9.60. The standard InChI is InChI=1S/C26H44N4S2.ClHO4/c1-7-11-15-29(16-12-8-2)24-27-22-20(31-24)19-21-23(26(22,5)6)28-25(32-21)30(17-13-9-3)18-14-10-4;2-1(3,4)5/h7-19H2,1-6H3;(H,2,3,4,5). The summed E-state index contributed by atoms with van der Waals surface area (Å²) in [6, 6.07) is 0. The Morgan fingerprint density at radius 1 is 0.784 bits per heavy atom. The predicted octanol–water partition coefficient (Wildman–Crippen LogP) is 2.31. The van der Waals surface area contributed by atoms with Gasteiger partial charge in [-0.15, -0.1) is 21.6 Å². The first-order chi connectivity index (χ1) is 17.5. The summed E-state index contributed by atoms with van der Waals surface area (Å²) in [5, 5.41) is 2.60. The molecular weight excluding hydrogens is 532 g/mol. The lowest BCUT2D eigenvalue weighted by Crippen LogP contribution is -2.68. The lowest BCUT2D eigenvalue weighted by molar-refractivity contribution is -2.00. The second-order valence-corrected chi connectivity index (χ2v) is 13.1. The van der Waals surface area contributed by atoms with Gasteiger partial charge in [0.2, 0.25) is 0 Å². The Labute approximate surface area is 233 Å². The number of nitrogens with zero attached hydrogens (tertiary/aromatic N) is 3. The van der Waals surface area contributed by atoms with E-state index in [0.717, 1.165) is 32.6 Å². The first-order valence-corrected chi connectivity index (χ1v) is 16.5. The van der Waals surface area contributed by atoms with E-state index in [-0.39, 0.29) is 5.41 Å². The Hall–Kier alpha value is -1.01. The summed E-state index contributed by atoms with van der Waals surface area (Å²) in [5.74, 6) is 0.